The van der Waals surface area contributed by atoms with Gasteiger partial charge in [0.05, 0.1) is 15.7 Å². The third-order valence-electron chi connectivity index (χ3n) is 5.61. The molecule has 0 N–H and O–H groups in total. The lowest BCUT2D eigenvalue weighted by atomic mass is 9.92. The van der Waals surface area contributed by atoms with Crippen molar-refractivity contribution in [3.63, 3.8) is 0 Å². The summed E-state index contributed by atoms with van der Waals surface area (Å²) in [4.78, 5) is 18.8. The molecule has 160 valence electrons. The normalized spacial score (nSPS) is 17.6. The number of benzene rings is 1. The number of hydrogen-bond donors (Lipinski definition) is 0. The summed E-state index contributed by atoms with van der Waals surface area (Å²) in [6.07, 6.45) is 5.89. The lowest BCUT2D eigenvalue weighted by Crippen LogP contribution is -2.51. The number of fused-ring (bicyclic) bond motifs is 1. The number of sulfonamides is 1. The predicted octanol–water partition coefficient (Wildman–Crippen LogP) is 3.24. The molecule has 0 spiro atoms. The molecule has 1 amide bonds. The Morgan fingerprint density at radius 2 is 1.80 bits per heavy atom. The molecule has 6 nitrogen and oxygen atoms in total. The van der Waals surface area contributed by atoms with Gasteiger partial charge >= 0.3 is 0 Å². The van der Waals surface area contributed by atoms with E-state index in [4.69, 9.17) is 11.6 Å². The number of halogens is 1. The molecule has 30 heavy (non-hydrogen) atoms. The van der Waals surface area contributed by atoms with Crippen molar-refractivity contribution < 1.29 is 13.2 Å². The molecule has 2 heterocycles. The van der Waals surface area contributed by atoms with Crippen molar-refractivity contribution in [1.29, 1.82) is 0 Å². The van der Waals surface area contributed by atoms with Crippen LogP contribution in [-0.2, 0) is 27.7 Å². The zero-order valence-electron chi connectivity index (χ0n) is 16.6. The molecule has 9 heteroatoms. The van der Waals surface area contributed by atoms with Gasteiger partial charge in [-0.3, -0.25) is 4.79 Å². The molecule has 1 saturated heterocycles. The van der Waals surface area contributed by atoms with Gasteiger partial charge in [-0.1, -0.05) is 29.4 Å². The van der Waals surface area contributed by atoms with Crippen LogP contribution in [0, 0.1) is 0 Å². The van der Waals surface area contributed by atoms with Gasteiger partial charge in [-0.15, -0.1) is 0 Å². The van der Waals surface area contributed by atoms with Crippen LogP contribution >= 0.6 is 23.4 Å². The average molecular weight is 466 g/mol. The summed E-state index contributed by atoms with van der Waals surface area (Å²) in [5.41, 5.74) is 2.42. The van der Waals surface area contributed by atoms with Gasteiger partial charge in [-0.25, -0.2) is 13.4 Å². The Kier molecular flexibility index (Phi) is 6.67. The molecule has 2 aromatic rings. The minimum Gasteiger partial charge on any atom is -0.339 e. The molecule has 1 aromatic carbocycles. The first-order chi connectivity index (χ1) is 14.4. The number of piperazine rings is 1. The van der Waals surface area contributed by atoms with Gasteiger partial charge in [0, 0.05) is 32.4 Å². The second-order valence-corrected chi connectivity index (χ2v) is 10.8. The molecule has 0 saturated carbocycles. The first-order valence-corrected chi connectivity index (χ1v) is 12.9. The summed E-state index contributed by atoms with van der Waals surface area (Å²) in [7, 11) is -3.54. The van der Waals surface area contributed by atoms with Gasteiger partial charge in [0.15, 0.2) is 0 Å². The van der Waals surface area contributed by atoms with Crippen LogP contribution in [0.15, 0.2) is 46.5 Å². The SMILES string of the molecule is O=C(CSc1ncccc1Cl)N1CCN(S(=O)(=O)c2ccc3c(c2)CCCC3)CC1. The van der Waals surface area contributed by atoms with E-state index in [1.165, 1.54) is 28.1 Å². The summed E-state index contributed by atoms with van der Waals surface area (Å²) in [5, 5.41) is 1.15. The number of hydrogen-bond acceptors (Lipinski definition) is 5. The van der Waals surface area contributed by atoms with Crippen LogP contribution in [-0.4, -0.2) is 60.4 Å². The highest BCUT2D eigenvalue weighted by atomic mass is 35.5. The number of carbonyl (C=O) groups excluding carboxylic acids is 1. The molecule has 0 bridgehead atoms. The highest BCUT2D eigenvalue weighted by Crippen LogP contribution is 2.27. The topological polar surface area (TPSA) is 70.6 Å². The van der Waals surface area contributed by atoms with Crippen molar-refractivity contribution in [3.8, 4) is 0 Å². The Morgan fingerprint density at radius 3 is 2.53 bits per heavy atom. The fraction of sp³-hybridized carbons (Fsp3) is 0.429. The van der Waals surface area contributed by atoms with Crippen LogP contribution in [0.25, 0.3) is 0 Å². The average Bonchev–Trinajstić information content (AvgIpc) is 2.78. The number of aromatic nitrogens is 1. The smallest absolute Gasteiger partial charge is 0.243 e. The molecular weight excluding hydrogens is 442 g/mol. The van der Waals surface area contributed by atoms with E-state index in [1.54, 1.807) is 29.3 Å². The fourth-order valence-electron chi connectivity index (χ4n) is 3.90. The quantitative estimate of drug-likeness (QED) is 0.634. The van der Waals surface area contributed by atoms with Crippen molar-refractivity contribution in [1.82, 2.24) is 14.2 Å². The van der Waals surface area contributed by atoms with Crippen molar-refractivity contribution in [2.24, 2.45) is 0 Å². The van der Waals surface area contributed by atoms with Crippen molar-refractivity contribution in [3.05, 3.63) is 52.7 Å². The van der Waals surface area contributed by atoms with Crippen molar-refractivity contribution in [2.45, 2.75) is 35.6 Å². The Balaban J connectivity index is 1.35. The third kappa shape index (κ3) is 4.66. The summed E-state index contributed by atoms with van der Waals surface area (Å²) in [6.45, 7) is 1.39. The molecule has 0 unspecified atom stereocenters. The Labute approximate surface area is 186 Å². The number of nitrogens with zero attached hydrogens (tertiary/aromatic N) is 3. The molecule has 1 aliphatic heterocycles. The van der Waals surface area contributed by atoms with E-state index in [-0.39, 0.29) is 11.7 Å². The molecule has 1 aliphatic carbocycles. The van der Waals surface area contributed by atoms with Gasteiger partial charge in [-0.2, -0.15) is 4.31 Å². The van der Waals surface area contributed by atoms with E-state index in [2.05, 4.69) is 4.98 Å². The standard InChI is InChI=1S/C21H24ClN3O3S2/c22-19-6-3-9-23-21(19)29-15-20(26)24-10-12-25(13-11-24)30(27,28)18-8-7-16-4-1-2-5-17(16)14-18/h3,6-9,14H,1-2,4-5,10-13,15H2. The molecule has 1 fully saturated rings. The van der Waals surface area contributed by atoms with E-state index < -0.39 is 10.0 Å². The van der Waals surface area contributed by atoms with E-state index in [9.17, 15) is 13.2 Å². The number of carbonyl (C=O) groups is 1. The first kappa shape index (κ1) is 21.6. The lowest BCUT2D eigenvalue weighted by Gasteiger charge is -2.34. The highest BCUT2D eigenvalue weighted by Gasteiger charge is 2.30. The molecule has 2 aliphatic rings. The second kappa shape index (κ2) is 9.26. The molecule has 1 aromatic heterocycles. The number of pyridine rings is 1. The van der Waals surface area contributed by atoms with Gasteiger partial charge < -0.3 is 4.90 Å². The highest BCUT2D eigenvalue weighted by molar-refractivity contribution is 8.00. The third-order valence-corrected chi connectivity index (χ3v) is 8.91. The molecule has 0 atom stereocenters. The Bertz CT molecular complexity index is 1040. The van der Waals surface area contributed by atoms with Crippen molar-refractivity contribution >= 4 is 39.3 Å². The van der Waals surface area contributed by atoms with Crippen molar-refractivity contribution in [2.75, 3.05) is 31.9 Å². The zero-order chi connectivity index (χ0) is 21.1. The maximum atomic E-state index is 13.1. The van der Waals surface area contributed by atoms with E-state index in [1.807, 2.05) is 12.1 Å². The number of aryl methyl sites for hydroxylation is 2. The first-order valence-electron chi connectivity index (χ1n) is 10.1. The predicted molar refractivity (Wildman–Crippen MR) is 118 cm³/mol. The van der Waals surface area contributed by atoms with Gasteiger partial charge in [0.1, 0.15) is 5.03 Å². The second-order valence-electron chi connectivity index (χ2n) is 7.50. The largest absolute Gasteiger partial charge is 0.339 e. The van der Waals surface area contributed by atoms with E-state index in [0.717, 1.165) is 24.8 Å². The van der Waals surface area contributed by atoms with Crippen LogP contribution in [0.4, 0.5) is 0 Å². The van der Waals surface area contributed by atoms with Crippen LogP contribution in [0.3, 0.4) is 0 Å². The van der Waals surface area contributed by atoms with Gasteiger partial charge in [-0.05, 0) is 61.1 Å². The minimum atomic E-state index is -3.54. The summed E-state index contributed by atoms with van der Waals surface area (Å²) in [5.74, 6) is 0.196. The summed E-state index contributed by atoms with van der Waals surface area (Å²) < 4.78 is 27.7. The monoisotopic (exact) mass is 465 g/mol. The zero-order valence-corrected chi connectivity index (χ0v) is 19.0. The van der Waals surface area contributed by atoms with Crippen LogP contribution in [0.2, 0.25) is 5.02 Å². The Hall–Kier alpha value is -1.61. The van der Waals surface area contributed by atoms with Gasteiger partial charge in [0.25, 0.3) is 0 Å². The van der Waals surface area contributed by atoms with Crippen LogP contribution < -0.4 is 0 Å². The minimum absolute atomic E-state index is 0.0347. The number of thioether (sulfide) groups is 1. The van der Waals surface area contributed by atoms with E-state index >= 15 is 0 Å². The fourth-order valence-corrected chi connectivity index (χ4v) is 6.44. The number of amides is 1. The Morgan fingerprint density at radius 1 is 1.07 bits per heavy atom. The summed E-state index contributed by atoms with van der Waals surface area (Å²) >= 11 is 7.38. The number of rotatable bonds is 5. The molecule has 4 rings (SSSR count). The van der Waals surface area contributed by atoms with Crippen LogP contribution in [0.1, 0.15) is 24.0 Å². The summed E-state index contributed by atoms with van der Waals surface area (Å²) in [6, 6.07) is 9.02. The van der Waals surface area contributed by atoms with E-state index in [0.29, 0.717) is 41.1 Å². The van der Waals surface area contributed by atoms with Gasteiger partial charge in [0.2, 0.25) is 15.9 Å². The van der Waals surface area contributed by atoms with Crippen LogP contribution in [0.5, 0.6) is 0 Å². The molecule has 0 radical (unpaired) electrons. The lowest BCUT2D eigenvalue weighted by molar-refractivity contribution is -0.129. The maximum Gasteiger partial charge on any atom is 0.243 e. The maximum absolute atomic E-state index is 13.1. The molecular formula is C21H24ClN3O3S2.